The number of thiophene rings is 1. The number of carbonyl (C=O) groups is 1. The molecule has 1 atom stereocenters. The van der Waals surface area contributed by atoms with Crippen LogP contribution in [0.3, 0.4) is 0 Å². The van der Waals surface area contributed by atoms with Crippen LogP contribution in [-0.4, -0.2) is 62.7 Å². The van der Waals surface area contributed by atoms with E-state index in [4.69, 9.17) is 4.74 Å². The van der Waals surface area contributed by atoms with Gasteiger partial charge in [-0.05, 0) is 25.5 Å². The van der Waals surface area contributed by atoms with Crippen molar-refractivity contribution >= 4 is 17.2 Å². The lowest BCUT2D eigenvalue weighted by Crippen LogP contribution is -2.33. The van der Waals surface area contributed by atoms with Crippen molar-refractivity contribution in [2.75, 3.05) is 46.9 Å². The fourth-order valence-corrected chi connectivity index (χ4v) is 2.82. The predicted octanol–water partition coefficient (Wildman–Crippen LogP) is 0.757. The summed E-state index contributed by atoms with van der Waals surface area (Å²) in [7, 11) is 4.04. The number of nitrogens with one attached hydrogen (secondary N) is 1. The third kappa shape index (κ3) is 4.01. The molecule has 1 aromatic rings. The SMILES string of the molecule is CN(C)CCOCCN1C(=O)CNC1c1cccs1. The summed E-state index contributed by atoms with van der Waals surface area (Å²) in [6, 6.07) is 4.07. The van der Waals surface area contributed by atoms with Crippen molar-refractivity contribution in [3.8, 4) is 0 Å². The molecule has 1 amide bonds. The quantitative estimate of drug-likeness (QED) is 0.750. The Labute approximate surface area is 118 Å². The van der Waals surface area contributed by atoms with Crippen LogP contribution in [0.1, 0.15) is 11.0 Å². The molecule has 5 nitrogen and oxygen atoms in total. The Kier molecular flexibility index (Phi) is 5.33. The number of ether oxygens (including phenoxy) is 1. The molecule has 1 fully saturated rings. The minimum absolute atomic E-state index is 0.0185. The van der Waals surface area contributed by atoms with Crippen molar-refractivity contribution in [3.05, 3.63) is 22.4 Å². The topological polar surface area (TPSA) is 44.8 Å². The normalized spacial score (nSPS) is 19.6. The summed E-state index contributed by atoms with van der Waals surface area (Å²) in [6.07, 6.45) is 0.0185. The van der Waals surface area contributed by atoms with Crippen LogP contribution in [0.15, 0.2) is 17.5 Å². The second-order valence-corrected chi connectivity index (χ2v) is 5.78. The number of rotatable bonds is 7. The maximum atomic E-state index is 11.9. The van der Waals surface area contributed by atoms with Gasteiger partial charge in [-0.1, -0.05) is 6.07 Å². The summed E-state index contributed by atoms with van der Waals surface area (Å²) in [5.74, 6) is 0.148. The average molecular weight is 283 g/mol. The molecule has 2 heterocycles. The zero-order valence-corrected chi connectivity index (χ0v) is 12.3. The second kappa shape index (κ2) is 7.00. The Morgan fingerprint density at radius 3 is 3.05 bits per heavy atom. The molecule has 1 aromatic heterocycles. The zero-order valence-electron chi connectivity index (χ0n) is 11.5. The number of amides is 1. The highest BCUT2D eigenvalue weighted by Crippen LogP contribution is 2.25. The fraction of sp³-hybridized carbons (Fsp3) is 0.615. The zero-order chi connectivity index (χ0) is 13.7. The second-order valence-electron chi connectivity index (χ2n) is 4.80. The summed E-state index contributed by atoms with van der Waals surface area (Å²) >= 11 is 1.67. The van der Waals surface area contributed by atoms with E-state index in [2.05, 4.69) is 16.3 Å². The van der Waals surface area contributed by atoms with Gasteiger partial charge < -0.3 is 14.5 Å². The van der Waals surface area contributed by atoms with Gasteiger partial charge in [-0.25, -0.2) is 0 Å². The summed E-state index contributed by atoms with van der Waals surface area (Å²) in [4.78, 5) is 17.0. The van der Waals surface area contributed by atoms with E-state index >= 15 is 0 Å². The van der Waals surface area contributed by atoms with Gasteiger partial charge in [-0.15, -0.1) is 11.3 Å². The number of hydrogen-bond acceptors (Lipinski definition) is 5. The van der Waals surface area contributed by atoms with Crippen LogP contribution in [-0.2, 0) is 9.53 Å². The van der Waals surface area contributed by atoms with Crippen LogP contribution in [0, 0.1) is 0 Å². The molecular weight excluding hydrogens is 262 g/mol. The van der Waals surface area contributed by atoms with Gasteiger partial charge >= 0.3 is 0 Å². The van der Waals surface area contributed by atoms with E-state index in [0.29, 0.717) is 26.3 Å². The molecule has 1 unspecified atom stereocenters. The minimum atomic E-state index is 0.0185. The number of hydrogen-bond donors (Lipinski definition) is 1. The standard InChI is InChI=1S/C13H21N3O2S/c1-15(2)5-7-18-8-6-16-12(17)10-14-13(16)11-4-3-9-19-11/h3-4,9,13-14H,5-8,10H2,1-2H3. The molecule has 1 aliphatic heterocycles. The van der Waals surface area contributed by atoms with Gasteiger partial charge in [0.05, 0.1) is 19.8 Å². The van der Waals surface area contributed by atoms with Crippen LogP contribution in [0.2, 0.25) is 0 Å². The van der Waals surface area contributed by atoms with Gasteiger partial charge in [0.1, 0.15) is 6.17 Å². The third-order valence-corrected chi connectivity index (χ3v) is 3.98. The van der Waals surface area contributed by atoms with Crippen molar-refractivity contribution in [2.24, 2.45) is 0 Å². The van der Waals surface area contributed by atoms with Gasteiger partial charge in [-0.2, -0.15) is 0 Å². The molecule has 2 rings (SSSR count). The van der Waals surface area contributed by atoms with E-state index < -0.39 is 0 Å². The highest BCUT2D eigenvalue weighted by atomic mass is 32.1. The molecule has 1 N–H and O–H groups in total. The number of carbonyl (C=O) groups excluding carboxylic acids is 1. The van der Waals surface area contributed by atoms with Crippen molar-refractivity contribution < 1.29 is 9.53 Å². The summed E-state index contributed by atoms with van der Waals surface area (Å²) in [6.45, 7) is 3.25. The molecule has 0 spiro atoms. The molecule has 0 aromatic carbocycles. The molecule has 0 bridgehead atoms. The van der Waals surface area contributed by atoms with Gasteiger partial charge in [0, 0.05) is 18.0 Å². The molecule has 1 aliphatic rings. The molecular formula is C13H21N3O2S. The van der Waals surface area contributed by atoms with Gasteiger partial charge in [0.25, 0.3) is 0 Å². The number of nitrogens with zero attached hydrogens (tertiary/aromatic N) is 2. The maximum absolute atomic E-state index is 11.9. The largest absolute Gasteiger partial charge is 0.378 e. The lowest BCUT2D eigenvalue weighted by atomic mass is 10.3. The molecule has 1 saturated heterocycles. The van der Waals surface area contributed by atoms with E-state index in [0.717, 1.165) is 6.54 Å². The van der Waals surface area contributed by atoms with E-state index in [1.54, 1.807) is 11.3 Å². The van der Waals surface area contributed by atoms with Crippen LogP contribution < -0.4 is 5.32 Å². The Hall–Kier alpha value is -0.950. The van der Waals surface area contributed by atoms with Gasteiger partial charge in [0.15, 0.2) is 0 Å². The Balaban J connectivity index is 1.78. The Morgan fingerprint density at radius 2 is 2.37 bits per heavy atom. The van der Waals surface area contributed by atoms with Crippen LogP contribution in [0.5, 0.6) is 0 Å². The van der Waals surface area contributed by atoms with Gasteiger partial charge in [0.2, 0.25) is 5.91 Å². The van der Waals surface area contributed by atoms with E-state index in [9.17, 15) is 4.79 Å². The van der Waals surface area contributed by atoms with Crippen LogP contribution >= 0.6 is 11.3 Å². The Bertz CT molecular complexity index is 395. The van der Waals surface area contributed by atoms with Gasteiger partial charge in [-0.3, -0.25) is 10.1 Å². The molecule has 0 aliphatic carbocycles. The highest BCUT2D eigenvalue weighted by molar-refractivity contribution is 7.10. The molecule has 6 heteroatoms. The minimum Gasteiger partial charge on any atom is -0.378 e. The number of likely N-dealkylation sites (N-methyl/N-ethyl adjacent to an activating group) is 1. The lowest BCUT2D eigenvalue weighted by Gasteiger charge is -2.23. The van der Waals surface area contributed by atoms with Crippen molar-refractivity contribution in [3.63, 3.8) is 0 Å². The first-order valence-electron chi connectivity index (χ1n) is 6.47. The van der Waals surface area contributed by atoms with Crippen molar-refractivity contribution in [1.82, 2.24) is 15.1 Å². The smallest absolute Gasteiger partial charge is 0.238 e. The maximum Gasteiger partial charge on any atom is 0.238 e. The van der Waals surface area contributed by atoms with Crippen molar-refractivity contribution in [1.29, 1.82) is 0 Å². The third-order valence-electron chi connectivity index (χ3n) is 3.05. The summed E-state index contributed by atoms with van der Waals surface area (Å²) < 4.78 is 5.56. The first-order chi connectivity index (χ1) is 9.18. The van der Waals surface area contributed by atoms with Crippen LogP contribution in [0.4, 0.5) is 0 Å². The highest BCUT2D eigenvalue weighted by Gasteiger charge is 2.31. The average Bonchev–Trinajstić information content (AvgIpc) is 2.98. The first kappa shape index (κ1) is 14.5. The Morgan fingerprint density at radius 1 is 1.53 bits per heavy atom. The molecule has 0 radical (unpaired) electrons. The molecule has 0 saturated carbocycles. The van der Waals surface area contributed by atoms with Crippen LogP contribution in [0.25, 0.3) is 0 Å². The van der Waals surface area contributed by atoms with E-state index in [1.807, 2.05) is 30.4 Å². The van der Waals surface area contributed by atoms with E-state index in [1.165, 1.54) is 4.88 Å². The molecule has 19 heavy (non-hydrogen) atoms. The fourth-order valence-electron chi connectivity index (χ4n) is 2.01. The summed E-state index contributed by atoms with van der Waals surface area (Å²) in [5.41, 5.74) is 0. The monoisotopic (exact) mass is 283 g/mol. The summed E-state index contributed by atoms with van der Waals surface area (Å²) in [5, 5.41) is 5.27. The predicted molar refractivity (Wildman–Crippen MR) is 76.1 cm³/mol. The molecule has 106 valence electrons. The first-order valence-corrected chi connectivity index (χ1v) is 7.35. The lowest BCUT2D eigenvalue weighted by molar-refractivity contribution is -0.128. The van der Waals surface area contributed by atoms with E-state index in [-0.39, 0.29) is 12.1 Å². The van der Waals surface area contributed by atoms with Crippen molar-refractivity contribution in [2.45, 2.75) is 6.17 Å².